The average molecular weight is 286 g/mol. The largest absolute Gasteiger partial charge is 0.470 e. The van der Waals surface area contributed by atoms with Crippen LogP contribution in [0.3, 0.4) is 0 Å². The van der Waals surface area contributed by atoms with Gasteiger partial charge in [-0.05, 0) is 22.6 Å². The van der Waals surface area contributed by atoms with E-state index in [4.69, 9.17) is 9.73 Å². The third-order valence-corrected chi connectivity index (χ3v) is 4.52. The molecule has 2 heterocycles. The molecule has 0 unspecified atom stereocenters. The van der Waals surface area contributed by atoms with Crippen molar-refractivity contribution in [2.75, 3.05) is 0 Å². The highest BCUT2D eigenvalue weighted by atomic mass is 16.5. The lowest BCUT2D eigenvalue weighted by Gasteiger charge is -2.08. The Hall–Kier alpha value is -2.68. The predicted octanol–water partition coefficient (Wildman–Crippen LogP) is 3.68. The summed E-state index contributed by atoms with van der Waals surface area (Å²) < 4.78 is 6.09. The van der Waals surface area contributed by atoms with E-state index in [0.29, 0.717) is 5.90 Å². The average Bonchev–Trinajstić information content (AvgIpc) is 3.12. The minimum Gasteiger partial charge on any atom is -0.470 e. The van der Waals surface area contributed by atoms with Crippen LogP contribution in [0.2, 0.25) is 0 Å². The number of nitrogens with zero attached hydrogens (tertiary/aromatic N) is 2. The highest BCUT2D eigenvalue weighted by molar-refractivity contribution is 5.97. The third-order valence-electron chi connectivity index (χ3n) is 4.52. The van der Waals surface area contributed by atoms with Gasteiger partial charge in [0.1, 0.15) is 17.8 Å². The summed E-state index contributed by atoms with van der Waals surface area (Å²) in [5.74, 6) is 0.676. The standard InChI is InChI=1S/C19H14N2O/c1-2-7-14-11-20-16(9-12(14)5-1)19-21-18-15-8-4-3-6-13(15)10-17(18)22-19/h1-9,11,17-18H,10H2/t17-,18+/m0/s1. The van der Waals surface area contributed by atoms with Crippen LogP contribution in [0.4, 0.5) is 0 Å². The van der Waals surface area contributed by atoms with E-state index in [-0.39, 0.29) is 12.1 Å². The Morgan fingerprint density at radius 2 is 1.77 bits per heavy atom. The van der Waals surface area contributed by atoms with Gasteiger partial charge in [0.05, 0.1) is 0 Å². The van der Waals surface area contributed by atoms with E-state index in [1.165, 1.54) is 11.1 Å². The third kappa shape index (κ3) is 1.69. The minimum absolute atomic E-state index is 0.125. The van der Waals surface area contributed by atoms with Crippen LogP contribution in [0.15, 0.2) is 65.8 Å². The number of rotatable bonds is 1. The quantitative estimate of drug-likeness (QED) is 0.684. The van der Waals surface area contributed by atoms with Crippen molar-refractivity contribution in [1.29, 1.82) is 0 Å². The van der Waals surface area contributed by atoms with Crippen LogP contribution in [-0.4, -0.2) is 17.0 Å². The summed E-state index contributed by atoms with van der Waals surface area (Å²) in [4.78, 5) is 9.32. The highest BCUT2D eigenvalue weighted by Gasteiger charge is 2.39. The van der Waals surface area contributed by atoms with Crippen LogP contribution in [0.1, 0.15) is 22.9 Å². The second-order valence-corrected chi connectivity index (χ2v) is 5.86. The van der Waals surface area contributed by atoms with Crippen LogP contribution in [0, 0.1) is 0 Å². The first-order chi connectivity index (χ1) is 10.9. The molecule has 0 amide bonds. The maximum Gasteiger partial charge on any atom is 0.236 e. The van der Waals surface area contributed by atoms with E-state index in [9.17, 15) is 0 Å². The van der Waals surface area contributed by atoms with Crippen LogP contribution in [0.25, 0.3) is 10.8 Å². The molecule has 0 spiro atoms. The van der Waals surface area contributed by atoms with Crippen LogP contribution >= 0.6 is 0 Å². The molecule has 0 saturated heterocycles. The van der Waals surface area contributed by atoms with Gasteiger partial charge in [0.15, 0.2) is 0 Å². The summed E-state index contributed by atoms with van der Waals surface area (Å²) >= 11 is 0. The molecule has 1 aromatic heterocycles. The first-order valence-corrected chi connectivity index (χ1v) is 7.56. The zero-order valence-electron chi connectivity index (χ0n) is 11.9. The molecule has 3 heteroatoms. The van der Waals surface area contributed by atoms with Crippen molar-refractivity contribution >= 4 is 16.7 Å². The fourth-order valence-corrected chi connectivity index (χ4v) is 3.42. The summed E-state index contributed by atoms with van der Waals surface area (Å²) in [6, 6.07) is 18.9. The number of hydrogen-bond acceptors (Lipinski definition) is 3. The van der Waals surface area contributed by atoms with Crippen molar-refractivity contribution in [1.82, 2.24) is 4.98 Å². The number of fused-ring (bicyclic) bond motifs is 4. The van der Waals surface area contributed by atoms with Crippen LogP contribution < -0.4 is 0 Å². The Bertz CT molecular complexity index is 916. The van der Waals surface area contributed by atoms with Gasteiger partial charge in [-0.15, -0.1) is 0 Å². The van der Waals surface area contributed by atoms with E-state index in [0.717, 1.165) is 22.9 Å². The van der Waals surface area contributed by atoms with Gasteiger partial charge in [-0.2, -0.15) is 0 Å². The van der Waals surface area contributed by atoms with Crippen molar-refractivity contribution in [2.24, 2.45) is 4.99 Å². The van der Waals surface area contributed by atoms with Gasteiger partial charge >= 0.3 is 0 Å². The second kappa shape index (κ2) is 4.41. The first-order valence-electron chi connectivity index (χ1n) is 7.56. The normalized spacial score (nSPS) is 22.1. The first kappa shape index (κ1) is 11.9. The maximum absolute atomic E-state index is 6.09. The van der Waals surface area contributed by atoms with E-state index in [1.54, 1.807) is 0 Å². The smallest absolute Gasteiger partial charge is 0.236 e. The number of ether oxygens (including phenoxy) is 1. The van der Waals surface area contributed by atoms with Gasteiger partial charge in [-0.1, -0.05) is 48.5 Å². The van der Waals surface area contributed by atoms with Crippen molar-refractivity contribution in [3.05, 3.63) is 77.6 Å². The van der Waals surface area contributed by atoms with Gasteiger partial charge in [0, 0.05) is 18.0 Å². The molecule has 0 saturated carbocycles. The molecule has 106 valence electrons. The van der Waals surface area contributed by atoms with Crippen molar-refractivity contribution in [3.63, 3.8) is 0 Å². The Labute approximate surface area is 128 Å². The Kier molecular flexibility index (Phi) is 2.39. The van der Waals surface area contributed by atoms with E-state index in [1.807, 2.05) is 18.3 Å². The highest BCUT2D eigenvalue weighted by Crippen LogP contribution is 2.40. The van der Waals surface area contributed by atoms with Crippen molar-refractivity contribution < 1.29 is 4.74 Å². The van der Waals surface area contributed by atoms with E-state index in [2.05, 4.69) is 47.4 Å². The summed E-state index contributed by atoms with van der Waals surface area (Å²) in [7, 11) is 0. The zero-order chi connectivity index (χ0) is 14.5. The van der Waals surface area contributed by atoms with Crippen molar-refractivity contribution in [3.8, 4) is 0 Å². The number of aliphatic imine (C=N–C) groups is 1. The number of hydrogen-bond donors (Lipinski definition) is 0. The summed E-state index contributed by atoms with van der Waals surface area (Å²) in [5, 5.41) is 2.30. The summed E-state index contributed by atoms with van der Waals surface area (Å²) in [6.07, 6.45) is 2.95. The van der Waals surface area contributed by atoms with Gasteiger partial charge < -0.3 is 4.74 Å². The second-order valence-electron chi connectivity index (χ2n) is 5.86. The molecule has 2 atom stereocenters. The molecular formula is C19H14N2O. The maximum atomic E-state index is 6.09. The molecule has 3 aromatic rings. The minimum atomic E-state index is 0.125. The SMILES string of the molecule is c1ccc2c(c1)C[C@@H]1OC(c3cc4ccccc4cn3)=N[C@H]21. The number of pyridine rings is 1. The molecule has 0 fully saturated rings. The summed E-state index contributed by atoms with van der Waals surface area (Å²) in [5.41, 5.74) is 3.47. The zero-order valence-corrected chi connectivity index (χ0v) is 11.9. The van der Waals surface area contributed by atoms with Gasteiger partial charge in [0.25, 0.3) is 0 Å². The lowest BCUT2D eigenvalue weighted by molar-refractivity contribution is 0.206. The fourth-order valence-electron chi connectivity index (χ4n) is 3.42. The van der Waals surface area contributed by atoms with E-state index >= 15 is 0 Å². The monoisotopic (exact) mass is 286 g/mol. The van der Waals surface area contributed by atoms with E-state index < -0.39 is 0 Å². The molecule has 5 rings (SSSR count). The summed E-state index contributed by atoms with van der Waals surface area (Å²) in [6.45, 7) is 0. The molecule has 0 N–H and O–H groups in total. The molecule has 2 aromatic carbocycles. The van der Waals surface area contributed by atoms with Gasteiger partial charge in [-0.25, -0.2) is 4.99 Å². The Morgan fingerprint density at radius 1 is 0.955 bits per heavy atom. The predicted molar refractivity (Wildman–Crippen MR) is 86.0 cm³/mol. The lowest BCUT2D eigenvalue weighted by atomic mass is 10.1. The molecule has 0 radical (unpaired) electrons. The lowest BCUT2D eigenvalue weighted by Crippen LogP contribution is -2.14. The van der Waals surface area contributed by atoms with Gasteiger partial charge in [0.2, 0.25) is 5.90 Å². The molecule has 0 bridgehead atoms. The van der Waals surface area contributed by atoms with Crippen LogP contribution in [-0.2, 0) is 11.2 Å². The number of benzene rings is 2. The molecule has 1 aliphatic heterocycles. The Morgan fingerprint density at radius 3 is 2.73 bits per heavy atom. The topological polar surface area (TPSA) is 34.5 Å². The molecule has 1 aliphatic carbocycles. The Balaban J connectivity index is 1.57. The van der Waals surface area contributed by atoms with Crippen LogP contribution in [0.5, 0.6) is 0 Å². The molecule has 2 aliphatic rings. The molecular weight excluding hydrogens is 272 g/mol. The van der Waals surface area contributed by atoms with Gasteiger partial charge in [-0.3, -0.25) is 4.98 Å². The number of aromatic nitrogens is 1. The molecule has 3 nitrogen and oxygen atoms in total. The fraction of sp³-hybridized carbons (Fsp3) is 0.158. The molecule has 22 heavy (non-hydrogen) atoms. The van der Waals surface area contributed by atoms with Crippen molar-refractivity contribution in [2.45, 2.75) is 18.6 Å².